The fourth-order valence-electron chi connectivity index (χ4n) is 4.34. The first-order valence-electron chi connectivity index (χ1n) is 10.1. The van der Waals surface area contributed by atoms with Crippen LogP contribution in [0.15, 0.2) is 48.6 Å². The van der Waals surface area contributed by atoms with E-state index in [9.17, 15) is 5.11 Å². The SMILES string of the molecule is COc1cccc(C2Nc3ccc(OCCC(C)C)cc3C3C=CCC32)c1O. The molecule has 0 fully saturated rings. The molecule has 0 bridgehead atoms. The highest BCUT2D eigenvalue weighted by Crippen LogP contribution is 2.52. The number of phenols is 1. The molecule has 4 rings (SSSR count). The highest BCUT2D eigenvalue weighted by molar-refractivity contribution is 5.63. The molecule has 0 saturated carbocycles. The Bertz CT molecular complexity index is 874. The van der Waals surface area contributed by atoms with Crippen molar-refractivity contribution in [2.75, 3.05) is 19.0 Å². The van der Waals surface area contributed by atoms with E-state index in [1.807, 2.05) is 18.2 Å². The Labute approximate surface area is 167 Å². The summed E-state index contributed by atoms with van der Waals surface area (Å²) >= 11 is 0. The Morgan fingerprint density at radius 1 is 1.18 bits per heavy atom. The van der Waals surface area contributed by atoms with Crippen LogP contribution in [0.2, 0.25) is 0 Å². The van der Waals surface area contributed by atoms with Crippen LogP contribution in [0.4, 0.5) is 5.69 Å². The quantitative estimate of drug-likeness (QED) is 0.637. The van der Waals surface area contributed by atoms with Gasteiger partial charge in [0.1, 0.15) is 5.75 Å². The Hall–Kier alpha value is -2.62. The number of aromatic hydroxyl groups is 1. The molecule has 4 nitrogen and oxygen atoms in total. The maximum absolute atomic E-state index is 10.7. The molecular weight excluding hydrogens is 350 g/mol. The lowest BCUT2D eigenvalue weighted by Gasteiger charge is -2.38. The molecule has 2 aliphatic rings. The summed E-state index contributed by atoms with van der Waals surface area (Å²) in [6.07, 6.45) is 6.59. The zero-order valence-electron chi connectivity index (χ0n) is 16.8. The number of allylic oxidation sites excluding steroid dienone is 2. The minimum Gasteiger partial charge on any atom is -0.504 e. The van der Waals surface area contributed by atoms with Crippen LogP contribution in [-0.2, 0) is 0 Å². The third-order valence-electron chi connectivity index (χ3n) is 5.88. The van der Waals surface area contributed by atoms with Gasteiger partial charge in [-0.25, -0.2) is 0 Å². The summed E-state index contributed by atoms with van der Waals surface area (Å²) in [5, 5.41) is 14.4. The van der Waals surface area contributed by atoms with Crippen molar-refractivity contribution < 1.29 is 14.6 Å². The molecule has 28 heavy (non-hydrogen) atoms. The number of methoxy groups -OCH3 is 1. The predicted octanol–water partition coefficient (Wildman–Crippen LogP) is 5.65. The maximum Gasteiger partial charge on any atom is 0.163 e. The van der Waals surface area contributed by atoms with Crippen LogP contribution in [-0.4, -0.2) is 18.8 Å². The van der Waals surface area contributed by atoms with Gasteiger partial charge in [0, 0.05) is 17.2 Å². The largest absolute Gasteiger partial charge is 0.504 e. The average Bonchev–Trinajstić information content (AvgIpc) is 3.18. The number of para-hydroxylation sites is 1. The second-order valence-corrected chi connectivity index (χ2v) is 8.15. The topological polar surface area (TPSA) is 50.7 Å². The highest BCUT2D eigenvalue weighted by Gasteiger charge is 2.39. The van der Waals surface area contributed by atoms with Crippen molar-refractivity contribution in [3.05, 3.63) is 59.7 Å². The molecule has 0 spiro atoms. The number of benzene rings is 2. The van der Waals surface area contributed by atoms with Gasteiger partial charge in [-0.05, 0) is 54.5 Å². The van der Waals surface area contributed by atoms with E-state index in [0.29, 0.717) is 23.5 Å². The van der Waals surface area contributed by atoms with E-state index in [1.165, 1.54) is 5.56 Å². The van der Waals surface area contributed by atoms with E-state index >= 15 is 0 Å². The Kier molecular flexibility index (Phi) is 5.21. The molecular formula is C24H29NO3. The number of ether oxygens (including phenoxy) is 2. The third kappa shape index (κ3) is 3.44. The summed E-state index contributed by atoms with van der Waals surface area (Å²) in [5.74, 6) is 2.99. The normalized spacial score (nSPS) is 22.5. The highest BCUT2D eigenvalue weighted by atomic mass is 16.5. The minimum absolute atomic E-state index is 0.0373. The van der Waals surface area contributed by atoms with Crippen molar-refractivity contribution in [3.63, 3.8) is 0 Å². The van der Waals surface area contributed by atoms with Crippen LogP contribution >= 0.6 is 0 Å². The molecule has 0 saturated heterocycles. The zero-order valence-corrected chi connectivity index (χ0v) is 16.8. The zero-order chi connectivity index (χ0) is 19.7. The molecule has 3 unspecified atom stereocenters. The van der Waals surface area contributed by atoms with Gasteiger partial charge in [-0.3, -0.25) is 0 Å². The number of rotatable bonds is 6. The monoisotopic (exact) mass is 379 g/mol. The van der Waals surface area contributed by atoms with Gasteiger partial charge < -0.3 is 19.9 Å². The fourth-order valence-corrected chi connectivity index (χ4v) is 4.34. The van der Waals surface area contributed by atoms with Crippen LogP contribution in [0.1, 0.15) is 49.8 Å². The smallest absolute Gasteiger partial charge is 0.163 e. The summed E-state index contributed by atoms with van der Waals surface area (Å²) in [4.78, 5) is 0. The minimum atomic E-state index is 0.0373. The summed E-state index contributed by atoms with van der Waals surface area (Å²) < 4.78 is 11.3. The molecule has 4 heteroatoms. The van der Waals surface area contributed by atoms with Gasteiger partial charge >= 0.3 is 0 Å². The van der Waals surface area contributed by atoms with E-state index in [-0.39, 0.29) is 11.8 Å². The summed E-state index contributed by atoms with van der Waals surface area (Å²) in [5.41, 5.74) is 3.27. The maximum atomic E-state index is 10.7. The van der Waals surface area contributed by atoms with Crippen molar-refractivity contribution in [1.29, 1.82) is 0 Å². The number of anilines is 1. The second-order valence-electron chi connectivity index (χ2n) is 8.15. The Morgan fingerprint density at radius 2 is 2.04 bits per heavy atom. The predicted molar refractivity (Wildman–Crippen MR) is 112 cm³/mol. The molecule has 2 aromatic carbocycles. The summed E-state index contributed by atoms with van der Waals surface area (Å²) in [6.45, 7) is 5.17. The molecule has 1 aliphatic carbocycles. The molecule has 1 heterocycles. The fraction of sp³-hybridized carbons (Fsp3) is 0.417. The summed E-state index contributed by atoms with van der Waals surface area (Å²) in [6, 6.07) is 12.1. The van der Waals surface area contributed by atoms with E-state index in [2.05, 4.69) is 43.4 Å². The van der Waals surface area contributed by atoms with Crippen molar-refractivity contribution in [1.82, 2.24) is 0 Å². The van der Waals surface area contributed by atoms with Crippen molar-refractivity contribution in [2.45, 2.75) is 38.6 Å². The molecule has 3 atom stereocenters. The van der Waals surface area contributed by atoms with Gasteiger partial charge in [0.05, 0.1) is 19.8 Å². The van der Waals surface area contributed by atoms with Crippen LogP contribution in [0.25, 0.3) is 0 Å². The van der Waals surface area contributed by atoms with Crippen LogP contribution < -0.4 is 14.8 Å². The van der Waals surface area contributed by atoms with Gasteiger partial charge in [0.2, 0.25) is 0 Å². The summed E-state index contributed by atoms with van der Waals surface area (Å²) in [7, 11) is 1.59. The van der Waals surface area contributed by atoms with Gasteiger partial charge in [0.25, 0.3) is 0 Å². The van der Waals surface area contributed by atoms with Crippen molar-refractivity contribution >= 4 is 5.69 Å². The van der Waals surface area contributed by atoms with Crippen molar-refractivity contribution in [2.24, 2.45) is 11.8 Å². The first kappa shape index (κ1) is 18.7. The number of hydrogen-bond donors (Lipinski definition) is 2. The van der Waals surface area contributed by atoms with Crippen LogP contribution in [0.5, 0.6) is 17.2 Å². The first-order chi connectivity index (χ1) is 13.6. The number of phenolic OH excluding ortho intramolecular Hbond substituents is 1. The third-order valence-corrected chi connectivity index (χ3v) is 5.88. The van der Waals surface area contributed by atoms with E-state index < -0.39 is 0 Å². The van der Waals surface area contributed by atoms with Crippen LogP contribution in [0, 0.1) is 11.8 Å². The Balaban J connectivity index is 1.63. The molecule has 2 N–H and O–H groups in total. The lowest BCUT2D eigenvalue weighted by molar-refractivity contribution is 0.288. The molecule has 148 valence electrons. The standard InChI is InChI=1S/C24H29NO3/c1-15(2)12-13-28-16-10-11-21-20(14-16)17-6-4-7-18(17)23(25-21)19-8-5-9-22(27-3)24(19)26/h4-6,8-11,14-15,17-18,23,25-26H,7,12-13H2,1-3H3. The number of nitrogens with one attached hydrogen (secondary N) is 1. The van der Waals surface area contributed by atoms with Crippen molar-refractivity contribution in [3.8, 4) is 17.2 Å². The lowest BCUT2D eigenvalue weighted by atomic mass is 9.76. The molecule has 1 aliphatic heterocycles. The van der Waals surface area contributed by atoms with Gasteiger partial charge in [0.15, 0.2) is 11.5 Å². The van der Waals surface area contributed by atoms with Gasteiger partial charge in [-0.15, -0.1) is 0 Å². The average molecular weight is 380 g/mol. The van der Waals surface area contributed by atoms with Crippen LogP contribution in [0.3, 0.4) is 0 Å². The first-order valence-corrected chi connectivity index (χ1v) is 10.1. The van der Waals surface area contributed by atoms with E-state index in [4.69, 9.17) is 9.47 Å². The second kappa shape index (κ2) is 7.78. The molecule has 0 radical (unpaired) electrons. The molecule has 0 amide bonds. The van der Waals surface area contributed by atoms with E-state index in [0.717, 1.165) is 36.4 Å². The molecule has 2 aromatic rings. The number of fused-ring (bicyclic) bond motifs is 3. The van der Waals surface area contributed by atoms with Gasteiger partial charge in [-0.2, -0.15) is 0 Å². The number of hydrogen-bond acceptors (Lipinski definition) is 4. The Morgan fingerprint density at radius 3 is 2.82 bits per heavy atom. The molecule has 0 aromatic heterocycles. The van der Waals surface area contributed by atoms with E-state index in [1.54, 1.807) is 13.2 Å². The lowest BCUT2D eigenvalue weighted by Crippen LogP contribution is -2.29. The van der Waals surface area contributed by atoms with Gasteiger partial charge in [-0.1, -0.05) is 38.1 Å².